The molecule has 138 valence electrons. The highest BCUT2D eigenvalue weighted by Gasteiger charge is 2.23. The van der Waals surface area contributed by atoms with E-state index in [2.05, 4.69) is 20.9 Å². The van der Waals surface area contributed by atoms with Gasteiger partial charge in [0.15, 0.2) is 11.5 Å². The van der Waals surface area contributed by atoms with Crippen LogP contribution < -0.4 is 25.4 Å². The van der Waals surface area contributed by atoms with Crippen molar-refractivity contribution in [3.05, 3.63) is 42.1 Å². The minimum Gasteiger partial charge on any atom is -0.493 e. The summed E-state index contributed by atoms with van der Waals surface area (Å²) in [6.07, 6.45) is 4.67. The molecule has 7 heteroatoms. The van der Waals surface area contributed by atoms with E-state index in [0.29, 0.717) is 11.9 Å². The molecule has 7 nitrogen and oxygen atoms in total. The number of methoxy groups -OCH3 is 2. The zero-order chi connectivity index (χ0) is 18.4. The summed E-state index contributed by atoms with van der Waals surface area (Å²) >= 11 is 0. The average molecular weight is 356 g/mol. The van der Waals surface area contributed by atoms with Crippen LogP contribution in [-0.2, 0) is 6.42 Å². The van der Waals surface area contributed by atoms with Crippen LogP contribution in [0, 0.1) is 0 Å². The molecule has 1 aliphatic rings. The van der Waals surface area contributed by atoms with Crippen LogP contribution in [0.25, 0.3) is 0 Å². The molecule has 2 aromatic rings. The zero-order valence-electron chi connectivity index (χ0n) is 15.0. The number of amides is 2. The molecule has 1 heterocycles. The molecule has 0 unspecified atom stereocenters. The number of benzene rings is 1. The highest BCUT2D eigenvalue weighted by molar-refractivity contribution is 5.88. The van der Waals surface area contributed by atoms with Gasteiger partial charge in [-0.05, 0) is 49.1 Å². The number of hydrogen-bond donors (Lipinski definition) is 3. The van der Waals surface area contributed by atoms with Crippen molar-refractivity contribution in [2.24, 2.45) is 0 Å². The number of pyridine rings is 1. The monoisotopic (exact) mass is 356 g/mol. The molecule has 2 amide bonds. The van der Waals surface area contributed by atoms with Gasteiger partial charge in [-0.15, -0.1) is 0 Å². The molecular weight excluding hydrogens is 332 g/mol. The van der Waals surface area contributed by atoms with E-state index in [1.807, 2.05) is 24.3 Å². The van der Waals surface area contributed by atoms with Crippen molar-refractivity contribution in [3.8, 4) is 11.5 Å². The Hall–Kier alpha value is -2.96. The predicted molar refractivity (Wildman–Crippen MR) is 101 cm³/mol. The van der Waals surface area contributed by atoms with Crippen molar-refractivity contribution in [1.29, 1.82) is 0 Å². The third-order valence-corrected chi connectivity index (χ3v) is 4.11. The second kappa shape index (κ2) is 8.42. The van der Waals surface area contributed by atoms with E-state index < -0.39 is 0 Å². The number of hydrogen-bond acceptors (Lipinski definition) is 5. The summed E-state index contributed by atoms with van der Waals surface area (Å²) in [6, 6.07) is 9.71. The minimum absolute atomic E-state index is 0.200. The lowest BCUT2D eigenvalue weighted by Crippen LogP contribution is -2.30. The van der Waals surface area contributed by atoms with Gasteiger partial charge in [-0.2, -0.15) is 0 Å². The van der Waals surface area contributed by atoms with Crippen molar-refractivity contribution in [1.82, 2.24) is 10.3 Å². The first kappa shape index (κ1) is 17.8. The Labute approximate surface area is 153 Å². The number of carbonyl (C=O) groups excluding carboxylic acids is 1. The highest BCUT2D eigenvalue weighted by Crippen LogP contribution is 2.27. The van der Waals surface area contributed by atoms with Crippen molar-refractivity contribution in [3.63, 3.8) is 0 Å². The number of anilines is 2. The van der Waals surface area contributed by atoms with Crippen LogP contribution in [0.15, 0.2) is 36.5 Å². The molecule has 0 atom stereocenters. The average Bonchev–Trinajstić information content (AvgIpc) is 3.46. The molecule has 0 spiro atoms. The summed E-state index contributed by atoms with van der Waals surface area (Å²) in [5, 5.41) is 8.91. The molecule has 3 N–H and O–H groups in total. The summed E-state index contributed by atoms with van der Waals surface area (Å²) < 4.78 is 10.6. The fourth-order valence-electron chi connectivity index (χ4n) is 2.53. The molecule has 1 aromatic carbocycles. The van der Waals surface area contributed by atoms with Crippen molar-refractivity contribution in [2.45, 2.75) is 25.3 Å². The number of rotatable bonds is 8. The van der Waals surface area contributed by atoms with Crippen molar-refractivity contribution >= 4 is 17.5 Å². The Kier molecular flexibility index (Phi) is 5.78. The fourth-order valence-corrected chi connectivity index (χ4v) is 2.53. The number of urea groups is 1. The Balaban J connectivity index is 1.46. The van der Waals surface area contributed by atoms with Gasteiger partial charge in [0.05, 0.1) is 26.1 Å². The van der Waals surface area contributed by atoms with Crippen molar-refractivity contribution in [2.75, 3.05) is 31.4 Å². The fraction of sp³-hybridized carbons (Fsp3) is 0.368. The van der Waals surface area contributed by atoms with Gasteiger partial charge in [0.1, 0.15) is 5.82 Å². The maximum Gasteiger partial charge on any atom is 0.320 e. The molecule has 3 rings (SSSR count). The number of aromatic nitrogens is 1. The Morgan fingerprint density at radius 1 is 1.15 bits per heavy atom. The van der Waals surface area contributed by atoms with Crippen LogP contribution in [0.1, 0.15) is 18.4 Å². The van der Waals surface area contributed by atoms with Gasteiger partial charge >= 0.3 is 6.03 Å². The smallest absolute Gasteiger partial charge is 0.320 e. The number of carbonyl (C=O) groups is 1. The lowest BCUT2D eigenvalue weighted by Gasteiger charge is -2.11. The molecule has 0 aliphatic heterocycles. The van der Waals surface area contributed by atoms with E-state index in [-0.39, 0.29) is 6.03 Å². The first-order valence-electron chi connectivity index (χ1n) is 8.66. The van der Waals surface area contributed by atoms with Gasteiger partial charge in [-0.1, -0.05) is 6.07 Å². The van der Waals surface area contributed by atoms with Gasteiger partial charge in [0, 0.05) is 12.6 Å². The Bertz CT molecular complexity index is 745. The zero-order valence-corrected chi connectivity index (χ0v) is 15.0. The topological polar surface area (TPSA) is 84.5 Å². The quantitative estimate of drug-likeness (QED) is 0.677. The van der Waals surface area contributed by atoms with Crippen LogP contribution in [0.2, 0.25) is 0 Å². The van der Waals surface area contributed by atoms with E-state index >= 15 is 0 Å². The first-order chi connectivity index (χ1) is 12.7. The maximum atomic E-state index is 11.7. The lowest BCUT2D eigenvalue weighted by atomic mass is 10.1. The Morgan fingerprint density at radius 2 is 1.96 bits per heavy atom. The van der Waals surface area contributed by atoms with E-state index in [1.165, 1.54) is 0 Å². The maximum absolute atomic E-state index is 11.7. The summed E-state index contributed by atoms with van der Waals surface area (Å²) in [6.45, 7) is 0.756. The minimum atomic E-state index is -0.200. The third-order valence-electron chi connectivity index (χ3n) is 4.11. The number of nitrogens with one attached hydrogen (secondary N) is 3. The molecule has 0 radical (unpaired) electrons. The van der Waals surface area contributed by atoms with Gasteiger partial charge in [-0.3, -0.25) is 5.32 Å². The van der Waals surface area contributed by atoms with Crippen molar-refractivity contribution < 1.29 is 14.3 Å². The van der Waals surface area contributed by atoms with Crippen LogP contribution in [0.4, 0.5) is 16.3 Å². The molecule has 1 aliphatic carbocycles. The van der Waals surface area contributed by atoms with Gasteiger partial charge < -0.3 is 20.1 Å². The molecule has 0 bridgehead atoms. The molecule has 1 saturated carbocycles. The molecule has 1 aromatic heterocycles. The SMILES string of the molecule is COc1ccc(CCNc2ccc(NC(=O)NC3CC3)nc2)cc1OC. The van der Waals surface area contributed by atoms with E-state index in [9.17, 15) is 4.79 Å². The van der Waals surface area contributed by atoms with Gasteiger partial charge in [-0.25, -0.2) is 9.78 Å². The number of ether oxygens (including phenoxy) is 2. The highest BCUT2D eigenvalue weighted by atomic mass is 16.5. The standard InChI is InChI=1S/C19H24N4O3/c1-25-16-7-3-13(11-17(16)26-2)9-10-20-15-6-8-18(21-12-15)23-19(24)22-14-4-5-14/h3,6-8,11-12,14,20H,4-5,9-10H2,1-2H3,(H2,21,22,23,24). The molecule has 26 heavy (non-hydrogen) atoms. The number of nitrogens with zero attached hydrogens (tertiary/aromatic N) is 1. The molecule has 1 fully saturated rings. The summed E-state index contributed by atoms with van der Waals surface area (Å²) in [4.78, 5) is 15.9. The Morgan fingerprint density at radius 3 is 2.62 bits per heavy atom. The van der Waals surface area contributed by atoms with Crippen LogP contribution in [-0.4, -0.2) is 37.8 Å². The largest absolute Gasteiger partial charge is 0.493 e. The van der Waals surface area contributed by atoms with Crippen LogP contribution in [0.3, 0.4) is 0 Å². The van der Waals surface area contributed by atoms with E-state index in [0.717, 1.165) is 48.6 Å². The molecular formula is C19H24N4O3. The van der Waals surface area contributed by atoms with Crippen LogP contribution in [0.5, 0.6) is 11.5 Å². The third kappa shape index (κ3) is 5.02. The predicted octanol–water partition coefficient (Wildman–Crippen LogP) is 3.04. The van der Waals surface area contributed by atoms with Crippen LogP contribution >= 0.6 is 0 Å². The van der Waals surface area contributed by atoms with Gasteiger partial charge in [0.2, 0.25) is 0 Å². The lowest BCUT2D eigenvalue weighted by molar-refractivity contribution is 0.251. The second-order valence-electron chi connectivity index (χ2n) is 6.17. The van der Waals surface area contributed by atoms with Gasteiger partial charge in [0.25, 0.3) is 0 Å². The summed E-state index contributed by atoms with van der Waals surface area (Å²) in [5.74, 6) is 1.99. The van der Waals surface area contributed by atoms with E-state index in [4.69, 9.17) is 9.47 Å². The normalized spacial score (nSPS) is 13.0. The van der Waals surface area contributed by atoms with E-state index in [1.54, 1.807) is 26.5 Å². The summed E-state index contributed by atoms with van der Waals surface area (Å²) in [7, 11) is 3.26. The molecule has 0 saturated heterocycles. The second-order valence-corrected chi connectivity index (χ2v) is 6.17. The summed E-state index contributed by atoms with van der Waals surface area (Å²) in [5.41, 5.74) is 2.05. The first-order valence-corrected chi connectivity index (χ1v) is 8.66.